The number of aliphatic imine (C=N–C) groups is 1. The van der Waals surface area contributed by atoms with Crippen molar-refractivity contribution < 1.29 is 9.90 Å². The first-order valence-electron chi connectivity index (χ1n) is 10.4. The lowest BCUT2D eigenvalue weighted by molar-refractivity contribution is -0.0862. The van der Waals surface area contributed by atoms with Gasteiger partial charge in [0.15, 0.2) is 11.7 Å². The summed E-state index contributed by atoms with van der Waals surface area (Å²) in [6.45, 7) is 10.9. The Labute approximate surface area is 168 Å². The number of nitrogens with zero attached hydrogens (tertiary/aromatic N) is 1. The molecule has 0 aliphatic heterocycles. The highest BCUT2D eigenvalue weighted by Crippen LogP contribution is 2.62. The third-order valence-corrected chi connectivity index (χ3v) is 7.54. The number of phenolic OH excluding ortho intramolecular Hbond substituents is 1. The van der Waals surface area contributed by atoms with E-state index >= 15 is 0 Å². The lowest BCUT2D eigenvalue weighted by atomic mass is 9.45. The van der Waals surface area contributed by atoms with Crippen LogP contribution in [0, 0.1) is 35.5 Å². The monoisotopic (exact) mass is 385 g/mol. The van der Waals surface area contributed by atoms with Gasteiger partial charge in [-0.3, -0.25) is 4.79 Å². The number of hydrogen-bond donors (Lipinski definition) is 3. The van der Waals surface area contributed by atoms with E-state index < -0.39 is 0 Å². The van der Waals surface area contributed by atoms with E-state index in [1.165, 1.54) is 0 Å². The number of nitrogens with two attached hydrogens (primary N) is 2. The zero-order valence-electron chi connectivity index (χ0n) is 17.8. The van der Waals surface area contributed by atoms with E-state index in [0.717, 1.165) is 31.2 Å². The van der Waals surface area contributed by atoms with Crippen molar-refractivity contribution in [1.29, 1.82) is 0 Å². The minimum atomic E-state index is -0.180. The summed E-state index contributed by atoms with van der Waals surface area (Å²) in [5, 5.41) is 10.1. The molecule has 5 nitrogen and oxygen atoms in total. The molecular formula is C23H35N3O2. The van der Waals surface area contributed by atoms with Crippen LogP contribution >= 0.6 is 0 Å². The van der Waals surface area contributed by atoms with Crippen LogP contribution in [0.25, 0.3) is 0 Å². The number of phenols is 1. The Hall–Kier alpha value is -2.04. The Morgan fingerprint density at radius 3 is 2.46 bits per heavy atom. The fourth-order valence-corrected chi connectivity index (χ4v) is 6.39. The topological polar surface area (TPSA) is 102 Å². The Kier molecular flexibility index (Phi) is 5.24. The minimum Gasteiger partial charge on any atom is -0.508 e. The highest BCUT2D eigenvalue weighted by atomic mass is 16.3. The molecule has 2 fully saturated rings. The average Bonchev–Trinajstić information content (AvgIpc) is 2.54. The average molecular weight is 386 g/mol. The van der Waals surface area contributed by atoms with Gasteiger partial charge in [-0.2, -0.15) is 0 Å². The molecule has 2 saturated carbocycles. The smallest absolute Gasteiger partial charge is 0.186 e. The van der Waals surface area contributed by atoms with Gasteiger partial charge in [0.05, 0.1) is 6.04 Å². The maximum absolute atomic E-state index is 13.8. The molecule has 0 unspecified atom stereocenters. The van der Waals surface area contributed by atoms with Gasteiger partial charge < -0.3 is 16.6 Å². The number of fused-ring (bicyclic) bond motifs is 1. The summed E-state index contributed by atoms with van der Waals surface area (Å²) in [7, 11) is 0. The fourth-order valence-electron chi connectivity index (χ4n) is 6.39. The van der Waals surface area contributed by atoms with Crippen molar-refractivity contribution in [3.05, 3.63) is 29.3 Å². The van der Waals surface area contributed by atoms with Crippen LogP contribution in [0.5, 0.6) is 5.75 Å². The summed E-state index contributed by atoms with van der Waals surface area (Å²) in [4.78, 5) is 18.3. The molecule has 28 heavy (non-hydrogen) atoms. The van der Waals surface area contributed by atoms with E-state index in [4.69, 9.17) is 11.5 Å². The number of benzene rings is 1. The standard InChI is InChI=1S/C23H35N3O2/c1-13-9-15(11-16(27)10-13)20(28)19-14(2)17(26-21(24)25)12-18-22(3,4)7-6-8-23(18,19)5/h9-11,14,17-19,27H,6-8,12H2,1-5H3,(H4,24,25,26)/t14-,17-,18+,19-,23+/m1/s1. The molecule has 5 atom stereocenters. The van der Waals surface area contributed by atoms with Crippen molar-refractivity contribution >= 4 is 11.7 Å². The van der Waals surface area contributed by atoms with E-state index in [0.29, 0.717) is 11.5 Å². The number of aryl methyl sites for hydroxylation is 1. The highest BCUT2D eigenvalue weighted by Gasteiger charge is 2.58. The Bertz CT molecular complexity index is 777. The fraction of sp³-hybridized carbons (Fsp3) is 0.652. The van der Waals surface area contributed by atoms with Crippen LogP contribution in [0.1, 0.15) is 69.3 Å². The first-order chi connectivity index (χ1) is 13.0. The molecule has 1 aromatic rings. The van der Waals surface area contributed by atoms with Crippen molar-refractivity contribution in [3.63, 3.8) is 0 Å². The summed E-state index contributed by atoms with van der Waals surface area (Å²) in [6.07, 6.45) is 4.23. The number of carbonyl (C=O) groups is 1. The normalized spacial score (nSPS) is 34.3. The van der Waals surface area contributed by atoms with Gasteiger partial charge in [0, 0.05) is 11.5 Å². The molecule has 2 aliphatic carbocycles. The number of carbonyl (C=O) groups excluding carboxylic acids is 1. The molecule has 0 saturated heterocycles. The number of Topliss-reactive ketones (excluding diaryl/α,β-unsaturated/α-hetero) is 1. The van der Waals surface area contributed by atoms with Crippen LogP contribution in [0.2, 0.25) is 0 Å². The molecule has 1 aromatic carbocycles. The van der Waals surface area contributed by atoms with Crippen LogP contribution in [-0.2, 0) is 0 Å². The van der Waals surface area contributed by atoms with E-state index in [-0.39, 0.29) is 46.2 Å². The second-order valence-electron chi connectivity index (χ2n) is 10.0. The summed E-state index contributed by atoms with van der Waals surface area (Å²) in [5.41, 5.74) is 13.0. The van der Waals surface area contributed by atoms with Crippen LogP contribution in [0.3, 0.4) is 0 Å². The van der Waals surface area contributed by atoms with Crippen LogP contribution in [0.15, 0.2) is 23.2 Å². The molecule has 0 spiro atoms. The molecule has 0 heterocycles. The van der Waals surface area contributed by atoms with Crippen molar-refractivity contribution in [3.8, 4) is 5.75 Å². The van der Waals surface area contributed by atoms with Gasteiger partial charge in [0.1, 0.15) is 5.75 Å². The van der Waals surface area contributed by atoms with E-state index in [9.17, 15) is 9.90 Å². The van der Waals surface area contributed by atoms with Crippen LogP contribution < -0.4 is 11.5 Å². The Morgan fingerprint density at radius 2 is 1.86 bits per heavy atom. The van der Waals surface area contributed by atoms with Crippen LogP contribution in [0.4, 0.5) is 0 Å². The second kappa shape index (κ2) is 7.09. The Balaban J connectivity index is 2.11. The maximum Gasteiger partial charge on any atom is 0.186 e. The number of guanidine groups is 1. The first kappa shape index (κ1) is 20.7. The molecule has 2 aliphatic rings. The largest absolute Gasteiger partial charge is 0.508 e. The lowest BCUT2D eigenvalue weighted by Crippen LogP contribution is -2.57. The van der Waals surface area contributed by atoms with Crippen LogP contribution in [-0.4, -0.2) is 22.9 Å². The summed E-state index contributed by atoms with van der Waals surface area (Å²) in [6, 6.07) is 5.09. The highest BCUT2D eigenvalue weighted by molar-refractivity contribution is 5.99. The number of rotatable bonds is 3. The van der Waals surface area contributed by atoms with Gasteiger partial charge in [-0.15, -0.1) is 0 Å². The summed E-state index contributed by atoms with van der Waals surface area (Å²) >= 11 is 0. The van der Waals surface area contributed by atoms with E-state index in [1.807, 2.05) is 13.0 Å². The SMILES string of the molecule is Cc1cc(O)cc(C(=O)[C@H]2[C@H](C)[C@H](N=C(N)N)C[C@H]3C(C)(C)CCC[C@]23C)c1. The van der Waals surface area contributed by atoms with Crippen molar-refractivity contribution in [2.45, 2.75) is 66.3 Å². The Morgan fingerprint density at radius 1 is 1.18 bits per heavy atom. The van der Waals surface area contributed by atoms with Crippen molar-refractivity contribution in [1.82, 2.24) is 0 Å². The number of ketones is 1. The van der Waals surface area contributed by atoms with Gasteiger partial charge in [0.2, 0.25) is 0 Å². The molecule has 0 amide bonds. The molecule has 3 rings (SSSR count). The maximum atomic E-state index is 13.8. The zero-order valence-corrected chi connectivity index (χ0v) is 17.8. The van der Waals surface area contributed by atoms with Gasteiger partial charge in [-0.25, -0.2) is 4.99 Å². The third-order valence-electron chi connectivity index (χ3n) is 7.54. The van der Waals surface area contributed by atoms with Gasteiger partial charge >= 0.3 is 0 Å². The lowest BCUT2D eigenvalue weighted by Gasteiger charge is -2.59. The zero-order chi connectivity index (χ0) is 20.9. The van der Waals surface area contributed by atoms with Crippen molar-refractivity contribution in [2.24, 2.45) is 45.0 Å². The van der Waals surface area contributed by atoms with Gasteiger partial charge in [-0.05, 0) is 72.6 Å². The minimum absolute atomic E-state index is 0.0346. The summed E-state index contributed by atoms with van der Waals surface area (Å²) in [5.74, 6) is 0.553. The van der Waals surface area contributed by atoms with Gasteiger partial charge in [-0.1, -0.05) is 34.1 Å². The molecular weight excluding hydrogens is 350 g/mol. The predicted octanol–water partition coefficient (Wildman–Crippen LogP) is 4.01. The quantitative estimate of drug-likeness (QED) is 0.415. The molecule has 0 bridgehead atoms. The first-order valence-corrected chi connectivity index (χ1v) is 10.4. The molecule has 0 radical (unpaired) electrons. The van der Waals surface area contributed by atoms with E-state index in [1.54, 1.807) is 12.1 Å². The predicted molar refractivity (Wildman–Crippen MR) is 113 cm³/mol. The number of aromatic hydroxyl groups is 1. The van der Waals surface area contributed by atoms with Gasteiger partial charge in [0.25, 0.3) is 0 Å². The van der Waals surface area contributed by atoms with Crippen molar-refractivity contribution in [2.75, 3.05) is 0 Å². The third kappa shape index (κ3) is 3.51. The molecule has 5 heteroatoms. The van der Waals surface area contributed by atoms with E-state index in [2.05, 4.69) is 32.7 Å². The summed E-state index contributed by atoms with van der Waals surface area (Å²) < 4.78 is 0. The molecule has 5 N–H and O–H groups in total. The molecule has 0 aromatic heterocycles. The second-order valence-corrected chi connectivity index (χ2v) is 10.0. The molecule has 154 valence electrons. The number of hydrogen-bond acceptors (Lipinski definition) is 3.